The van der Waals surface area contributed by atoms with Gasteiger partial charge in [0.05, 0.1) is 4.90 Å². The van der Waals surface area contributed by atoms with Gasteiger partial charge in [0.2, 0.25) is 15.9 Å². The van der Waals surface area contributed by atoms with Gasteiger partial charge in [-0.2, -0.15) is 4.31 Å². The number of carbonyl (C=O) groups excluding carboxylic acids is 2. The SMILES string of the molecule is CC(=O)c1ccc(S(=O)(=O)N2CCC(C(=O)Nc3ccc4c(ccn4CC(C)C)c3)CC2)cc1. The minimum atomic E-state index is -3.66. The van der Waals surface area contributed by atoms with E-state index in [4.69, 9.17) is 0 Å². The Morgan fingerprint density at radius 3 is 2.32 bits per heavy atom. The first-order valence-corrected chi connectivity index (χ1v) is 13.1. The van der Waals surface area contributed by atoms with E-state index in [0.29, 0.717) is 24.3 Å². The summed E-state index contributed by atoms with van der Waals surface area (Å²) in [4.78, 5) is 24.5. The first-order valence-electron chi connectivity index (χ1n) is 11.7. The lowest BCUT2D eigenvalue weighted by Gasteiger charge is -2.30. The van der Waals surface area contributed by atoms with Crippen molar-refractivity contribution in [2.75, 3.05) is 18.4 Å². The lowest BCUT2D eigenvalue weighted by atomic mass is 9.97. The average molecular weight is 482 g/mol. The number of hydrogen-bond acceptors (Lipinski definition) is 4. The Hall–Kier alpha value is -2.97. The molecule has 0 spiro atoms. The number of aromatic nitrogens is 1. The highest BCUT2D eigenvalue weighted by atomic mass is 32.2. The topological polar surface area (TPSA) is 88.5 Å². The van der Waals surface area contributed by atoms with Crippen LogP contribution in [0.1, 0.15) is 44.0 Å². The molecule has 1 saturated heterocycles. The van der Waals surface area contributed by atoms with E-state index in [-0.39, 0.29) is 35.6 Å². The molecule has 1 fully saturated rings. The van der Waals surface area contributed by atoms with Gasteiger partial charge in [0, 0.05) is 53.9 Å². The summed E-state index contributed by atoms with van der Waals surface area (Å²) in [5.41, 5.74) is 2.37. The summed E-state index contributed by atoms with van der Waals surface area (Å²) < 4.78 is 29.6. The highest BCUT2D eigenvalue weighted by Gasteiger charge is 2.32. The quantitative estimate of drug-likeness (QED) is 0.502. The minimum absolute atomic E-state index is 0.0798. The van der Waals surface area contributed by atoms with Crippen molar-refractivity contribution >= 4 is 38.3 Å². The number of nitrogens with one attached hydrogen (secondary N) is 1. The Balaban J connectivity index is 1.37. The number of anilines is 1. The molecule has 0 bridgehead atoms. The molecule has 2 aromatic carbocycles. The molecule has 34 heavy (non-hydrogen) atoms. The molecule has 0 unspecified atom stereocenters. The number of hydrogen-bond donors (Lipinski definition) is 1. The van der Waals surface area contributed by atoms with Crippen LogP contribution in [0.4, 0.5) is 5.69 Å². The molecule has 3 aromatic rings. The number of amides is 1. The molecule has 1 aliphatic rings. The van der Waals surface area contributed by atoms with Gasteiger partial charge in [0.25, 0.3) is 0 Å². The summed E-state index contributed by atoms with van der Waals surface area (Å²) in [6.45, 7) is 7.32. The normalized spacial score (nSPS) is 15.6. The summed E-state index contributed by atoms with van der Waals surface area (Å²) in [5.74, 6) is 0.115. The third kappa shape index (κ3) is 5.08. The first-order chi connectivity index (χ1) is 16.1. The molecule has 0 saturated carbocycles. The number of carbonyl (C=O) groups is 2. The molecule has 1 N–H and O–H groups in total. The molecule has 0 atom stereocenters. The second-order valence-electron chi connectivity index (χ2n) is 9.38. The van der Waals surface area contributed by atoms with Crippen LogP contribution in [0.3, 0.4) is 0 Å². The van der Waals surface area contributed by atoms with E-state index in [1.54, 1.807) is 0 Å². The van der Waals surface area contributed by atoms with Gasteiger partial charge in [0.1, 0.15) is 0 Å². The zero-order chi connectivity index (χ0) is 24.5. The highest BCUT2D eigenvalue weighted by molar-refractivity contribution is 7.89. The largest absolute Gasteiger partial charge is 0.347 e. The van der Waals surface area contributed by atoms with Crippen LogP contribution in [0.5, 0.6) is 0 Å². The molecule has 0 radical (unpaired) electrons. The maximum atomic E-state index is 13.0. The van der Waals surface area contributed by atoms with E-state index >= 15 is 0 Å². The molecule has 0 aliphatic carbocycles. The molecule has 8 heteroatoms. The lowest BCUT2D eigenvalue weighted by molar-refractivity contribution is -0.120. The van der Waals surface area contributed by atoms with Crippen LogP contribution in [-0.2, 0) is 21.4 Å². The monoisotopic (exact) mass is 481 g/mol. The van der Waals surface area contributed by atoms with Crippen LogP contribution < -0.4 is 5.32 Å². The van der Waals surface area contributed by atoms with Crippen molar-refractivity contribution in [3.8, 4) is 0 Å². The third-order valence-corrected chi connectivity index (χ3v) is 8.24. The predicted molar refractivity (Wildman–Crippen MR) is 133 cm³/mol. The van der Waals surface area contributed by atoms with Crippen LogP contribution in [0.25, 0.3) is 10.9 Å². The Bertz CT molecular complexity index is 1300. The van der Waals surface area contributed by atoms with Crippen LogP contribution in [0.15, 0.2) is 59.6 Å². The zero-order valence-corrected chi connectivity index (χ0v) is 20.6. The summed E-state index contributed by atoms with van der Waals surface area (Å²) in [6, 6.07) is 14.0. The zero-order valence-electron chi connectivity index (χ0n) is 19.8. The molecular formula is C26H31N3O4S. The number of rotatable bonds is 7. The molecule has 1 aliphatic heterocycles. The van der Waals surface area contributed by atoms with E-state index < -0.39 is 10.0 Å². The van der Waals surface area contributed by atoms with Crippen molar-refractivity contribution in [2.24, 2.45) is 11.8 Å². The molecule has 1 amide bonds. The van der Waals surface area contributed by atoms with Crippen molar-refractivity contribution in [1.29, 1.82) is 0 Å². The third-order valence-electron chi connectivity index (χ3n) is 6.32. The van der Waals surface area contributed by atoms with Crippen LogP contribution >= 0.6 is 0 Å². The molecule has 4 rings (SSSR count). The van der Waals surface area contributed by atoms with Crippen molar-refractivity contribution < 1.29 is 18.0 Å². The van der Waals surface area contributed by atoms with Gasteiger partial charge in [-0.3, -0.25) is 9.59 Å². The maximum Gasteiger partial charge on any atom is 0.243 e. The molecular weight excluding hydrogens is 450 g/mol. The smallest absolute Gasteiger partial charge is 0.243 e. The van der Waals surface area contributed by atoms with Crippen LogP contribution in [-0.4, -0.2) is 42.1 Å². The number of ketones is 1. The fourth-order valence-corrected chi connectivity index (χ4v) is 5.91. The molecule has 2 heterocycles. The Morgan fingerprint density at radius 2 is 1.71 bits per heavy atom. The van der Waals surface area contributed by atoms with Gasteiger partial charge in [-0.05, 0) is 62.1 Å². The van der Waals surface area contributed by atoms with Crippen LogP contribution in [0, 0.1) is 11.8 Å². The summed E-state index contributed by atoms with van der Waals surface area (Å²) in [6.07, 6.45) is 2.99. The summed E-state index contributed by atoms with van der Waals surface area (Å²) >= 11 is 0. The first kappa shape index (κ1) is 24.2. The van der Waals surface area contributed by atoms with Gasteiger partial charge in [-0.1, -0.05) is 26.0 Å². The van der Waals surface area contributed by atoms with Gasteiger partial charge in [0.15, 0.2) is 5.78 Å². The van der Waals surface area contributed by atoms with E-state index in [2.05, 4.69) is 36.0 Å². The predicted octanol–water partition coefficient (Wildman–Crippen LogP) is 4.54. The van der Waals surface area contributed by atoms with Gasteiger partial charge >= 0.3 is 0 Å². The van der Waals surface area contributed by atoms with Crippen molar-refractivity contribution in [3.63, 3.8) is 0 Å². The average Bonchev–Trinajstić information content (AvgIpc) is 3.20. The van der Waals surface area contributed by atoms with Gasteiger partial charge in [-0.15, -0.1) is 0 Å². The maximum absolute atomic E-state index is 13.0. The van der Waals surface area contributed by atoms with E-state index in [1.807, 2.05) is 18.2 Å². The number of Topliss-reactive ketones (excluding diaryl/α,β-unsaturated/α-hetero) is 1. The second-order valence-corrected chi connectivity index (χ2v) is 11.3. The number of fused-ring (bicyclic) bond motifs is 1. The minimum Gasteiger partial charge on any atom is -0.347 e. The highest BCUT2D eigenvalue weighted by Crippen LogP contribution is 2.26. The Morgan fingerprint density at radius 1 is 1.03 bits per heavy atom. The van der Waals surface area contributed by atoms with E-state index in [1.165, 1.54) is 35.5 Å². The summed E-state index contributed by atoms with van der Waals surface area (Å²) in [5, 5.41) is 4.09. The van der Waals surface area contributed by atoms with E-state index in [9.17, 15) is 18.0 Å². The number of nitrogens with zero attached hydrogens (tertiary/aromatic N) is 2. The van der Waals surface area contributed by atoms with Gasteiger partial charge < -0.3 is 9.88 Å². The fourth-order valence-electron chi connectivity index (χ4n) is 4.44. The second kappa shape index (κ2) is 9.72. The van der Waals surface area contributed by atoms with Crippen LogP contribution in [0.2, 0.25) is 0 Å². The Kier molecular flexibility index (Phi) is 6.91. The Labute approximate surface area is 200 Å². The number of benzene rings is 2. The van der Waals surface area contributed by atoms with Crippen molar-refractivity contribution in [1.82, 2.24) is 8.87 Å². The fraction of sp³-hybridized carbons (Fsp3) is 0.385. The molecule has 180 valence electrons. The molecule has 7 nitrogen and oxygen atoms in total. The summed E-state index contributed by atoms with van der Waals surface area (Å²) in [7, 11) is -3.66. The van der Waals surface area contributed by atoms with Crippen molar-refractivity contribution in [2.45, 2.75) is 45.1 Å². The van der Waals surface area contributed by atoms with Gasteiger partial charge in [-0.25, -0.2) is 8.42 Å². The van der Waals surface area contributed by atoms with Crippen molar-refractivity contribution in [3.05, 3.63) is 60.3 Å². The number of sulfonamides is 1. The molecule has 1 aromatic heterocycles. The number of piperidine rings is 1. The lowest BCUT2D eigenvalue weighted by Crippen LogP contribution is -2.41. The van der Waals surface area contributed by atoms with E-state index in [0.717, 1.165) is 23.1 Å². The standard InChI is InChI=1S/C26H31N3O4S/c1-18(2)17-28-13-10-22-16-23(6-9-25(22)28)27-26(31)21-11-14-29(15-12-21)34(32,33)24-7-4-20(5-8-24)19(3)30/h4-10,13,16,18,21H,11-12,14-15,17H2,1-3H3,(H,27,31).